The van der Waals surface area contributed by atoms with Crippen molar-refractivity contribution < 1.29 is 98.6 Å². The van der Waals surface area contributed by atoms with Crippen LogP contribution in [0.4, 0.5) is 0 Å². The molecule has 25 atom stereocenters. The van der Waals surface area contributed by atoms with Gasteiger partial charge in [-0.2, -0.15) is 0 Å². The quantitative estimate of drug-likeness (QED) is 0.0829. The Morgan fingerprint density at radius 1 is 0.696 bits per heavy atom. The minimum Gasteiger partial charge on any atom is -0.481 e. The lowest BCUT2D eigenvalue weighted by Crippen LogP contribution is -2.68. The average Bonchev–Trinajstić information content (AvgIpc) is 3.28. The van der Waals surface area contributed by atoms with Crippen LogP contribution in [0.15, 0.2) is 11.6 Å². The molecule has 69 heavy (non-hydrogen) atoms. The van der Waals surface area contributed by atoms with E-state index in [1.807, 2.05) is 6.92 Å². The summed E-state index contributed by atoms with van der Waals surface area (Å²) < 4.78 is 42.0. The molecule has 3 saturated heterocycles. The molecular formula is C49H76O20. The second kappa shape index (κ2) is 18.5. The lowest BCUT2D eigenvalue weighted by Gasteiger charge is -2.71. The molecule has 0 aromatic rings. The average molecular weight is 985 g/mol. The Morgan fingerprint density at radius 3 is 2.00 bits per heavy atom. The van der Waals surface area contributed by atoms with Gasteiger partial charge in [0.15, 0.2) is 25.0 Å². The van der Waals surface area contributed by atoms with Gasteiger partial charge in [0.05, 0.1) is 30.8 Å². The predicted octanol–water partition coefficient (Wildman–Crippen LogP) is 0.979. The van der Waals surface area contributed by atoms with E-state index in [-0.39, 0.29) is 47.0 Å². The summed E-state index contributed by atoms with van der Waals surface area (Å²) in [7, 11) is 0. The maximum absolute atomic E-state index is 12.9. The van der Waals surface area contributed by atoms with Crippen LogP contribution in [0.25, 0.3) is 0 Å². The molecule has 0 bridgehead atoms. The lowest BCUT2D eigenvalue weighted by molar-refractivity contribution is -0.387. The summed E-state index contributed by atoms with van der Waals surface area (Å²) in [6.45, 7) is 14.7. The van der Waals surface area contributed by atoms with Crippen LogP contribution in [0, 0.1) is 50.2 Å². The van der Waals surface area contributed by atoms with Crippen molar-refractivity contribution in [3.8, 4) is 0 Å². The number of esters is 1. The minimum absolute atomic E-state index is 0.115. The third-order valence-corrected chi connectivity index (χ3v) is 19.7. The van der Waals surface area contributed by atoms with E-state index in [4.69, 9.17) is 33.2 Å². The number of carbonyl (C=O) groups is 3. The molecule has 10 N–H and O–H groups in total. The highest BCUT2D eigenvalue weighted by Gasteiger charge is 2.70. The van der Waals surface area contributed by atoms with Gasteiger partial charge in [0.1, 0.15) is 61.0 Å². The van der Waals surface area contributed by atoms with Crippen molar-refractivity contribution in [3.63, 3.8) is 0 Å². The molecule has 3 heterocycles. The number of carboxylic acid groups (broad SMARTS) is 2. The Kier molecular flexibility index (Phi) is 14.2. The van der Waals surface area contributed by atoms with Gasteiger partial charge in [-0.1, -0.05) is 46.3 Å². The van der Waals surface area contributed by atoms with Crippen LogP contribution in [0.3, 0.4) is 0 Å². The Bertz CT molecular complexity index is 1990. The van der Waals surface area contributed by atoms with Crippen molar-refractivity contribution in [2.75, 3.05) is 13.2 Å². The second-order valence-electron chi connectivity index (χ2n) is 23.4. The zero-order valence-corrected chi connectivity index (χ0v) is 40.9. The summed E-state index contributed by atoms with van der Waals surface area (Å²) in [6, 6.07) is 0. The summed E-state index contributed by atoms with van der Waals surface area (Å²) >= 11 is 0. The summed E-state index contributed by atoms with van der Waals surface area (Å²) in [5, 5.41) is 108. The number of aliphatic carboxylic acids is 2. The predicted molar refractivity (Wildman–Crippen MR) is 236 cm³/mol. The normalized spacial score (nSPS) is 54.1. The summed E-state index contributed by atoms with van der Waals surface area (Å²) in [5.74, 6) is -3.11. The molecule has 392 valence electrons. The third-order valence-electron chi connectivity index (χ3n) is 19.7. The van der Waals surface area contributed by atoms with Gasteiger partial charge in [-0.05, 0) is 99.2 Å². The molecule has 7 fully saturated rings. The molecule has 0 spiro atoms. The highest BCUT2D eigenvalue weighted by molar-refractivity contribution is 5.75. The molecule has 20 nitrogen and oxygen atoms in total. The monoisotopic (exact) mass is 984 g/mol. The first-order chi connectivity index (χ1) is 32.1. The Morgan fingerprint density at radius 2 is 1.36 bits per heavy atom. The molecule has 0 unspecified atom stereocenters. The first-order valence-electron chi connectivity index (χ1n) is 24.7. The number of ether oxygens (including phenoxy) is 7. The van der Waals surface area contributed by atoms with Gasteiger partial charge in [0.2, 0.25) is 0 Å². The van der Waals surface area contributed by atoms with Gasteiger partial charge >= 0.3 is 17.9 Å². The van der Waals surface area contributed by atoms with Crippen molar-refractivity contribution in [2.24, 2.45) is 50.2 Å². The van der Waals surface area contributed by atoms with Crippen LogP contribution in [0.2, 0.25) is 0 Å². The molecule has 5 aliphatic carbocycles. The molecule has 3 aliphatic heterocycles. The second-order valence-corrected chi connectivity index (χ2v) is 23.4. The van der Waals surface area contributed by atoms with E-state index in [0.29, 0.717) is 32.1 Å². The third kappa shape index (κ3) is 8.32. The van der Waals surface area contributed by atoms with Crippen molar-refractivity contribution in [1.29, 1.82) is 0 Å². The molecule has 20 heteroatoms. The Hall–Kier alpha value is -2.41. The molecule has 0 aromatic heterocycles. The number of carbonyl (C=O) groups excluding carboxylic acids is 1. The van der Waals surface area contributed by atoms with E-state index in [2.05, 4.69) is 33.8 Å². The highest BCUT2D eigenvalue weighted by Crippen LogP contribution is 2.76. The fraction of sp³-hybridized carbons (Fsp3) is 0.898. The van der Waals surface area contributed by atoms with Gasteiger partial charge in [-0.25, -0.2) is 4.79 Å². The number of aliphatic hydroxyl groups excluding tert-OH is 8. The number of allylic oxidation sites excluding steroid dienone is 2. The Labute approximate surface area is 402 Å². The summed E-state index contributed by atoms with van der Waals surface area (Å²) in [4.78, 5) is 37.8. The SMILES string of the molecule is CC(=O)O[C@@H]1C[C@](C)(C(=O)O)C[C@H]2C3=CC[C@@H]4[C@@]5(C)CC[C@H](O[C@@H]6O[C@H](C(=O)O)[C@@H](O)[C@H](O)[C@H]6O[C@@H]6OC[C@H](O)[C@H](O)[C@H]6O[C@@H]6O[C@@H](C)[C@H](O)[C@@H](O)[C@H]6O)[C@](C)(CO)[C@@H]5CC[C@@]4(C)[C@]3(C)CC[C@@]12C. The van der Waals surface area contributed by atoms with Gasteiger partial charge in [0.25, 0.3) is 0 Å². The zero-order valence-electron chi connectivity index (χ0n) is 40.9. The maximum Gasteiger partial charge on any atom is 0.335 e. The van der Waals surface area contributed by atoms with Crippen molar-refractivity contribution in [3.05, 3.63) is 11.6 Å². The molecule has 0 aromatic carbocycles. The topological polar surface area (TPSA) is 318 Å². The number of carboxylic acids is 2. The number of rotatable bonds is 10. The Balaban J connectivity index is 1.07. The van der Waals surface area contributed by atoms with Crippen LogP contribution in [-0.4, -0.2) is 180 Å². The van der Waals surface area contributed by atoms with Gasteiger partial charge in [-0.3, -0.25) is 9.59 Å². The van der Waals surface area contributed by atoms with E-state index in [0.717, 1.165) is 19.3 Å². The standard InChI is InChI=1S/C49H76O20/c1-21-30(53)32(55)35(58)40(64-21)68-37-31(54)25(52)19-63-41(37)69-38-34(57)33(56)36(39(59)60)67-42(38)66-28-12-13-46(5)26(47(28,6)20-50)11-14-49(8)27(46)10-9-23-24-17-44(3,43(61)62)18-29(65-22(2)51)45(24,4)15-16-48(23,49)7/h9,21,24-38,40-42,50,52-58H,10-20H2,1-8H3,(H,59,60)(H,61,62)/t21-,24-,25-,26+,27+,28-,29+,30-,31-,32+,33-,34-,35+,36-,37+,38+,40-,41-,42+,44+,45+,46-,47+,48+,49+/m0/s1. The van der Waals surface area contributed by atoms with E-state index >= 15 is 0 Å². The largest absolute Gasteiger partial charge is 0.481 e. The van der Waals surface area contributed by atoms with Gasteiger partial charge in [0, 0.05) is 24.2 Å². The number of hydrogen-bond donors (Lipinski definition) is 10. The number of hydrogen-bond acceptors (Lipinski definition) is 18. The fourth-order valence-corrected chi connectivity index (χ4v) is 15.2. The van der Waals surface area contributed by atoms with Gasteiger partial charge < -0.3 is 84.2 Å². The van der Waals surface area contributed by atoms with E-state index in [1.165, 1.54) is 19.4 Å². The van der Waals surface area contributed by atoms with Crippen LogP contribution in [-0.2, 0) is 47.5 Å². The molecule has 0 amide bonds. The molecule has 8 rings (SSSR count). The first-order valence-corrected chi connectivity index (χ1v) is 24.7. The van der Waals surface area contributed by atoms with Crippen LogP contribution in [0.5, 0.6) is 0 Å². The first kappa shape index (κ1) is 52.9. The zero-order chi connectivity index (χ0) is 50.7. The summed E-state index contributed by atoms with van der Waals surface area (Å²) in [5.41, 5.74) is -2.25. The number of fused-ring (bicyclic) bond motifs is 7. The number of aliphatic hydroxyl groups is 8. The molecule has 4 saturated carbocycles. The van der Waals surface area contributed by atoms with Crippen LogP contribution >= 0.6 is 0 Å². The van der Waals surface area contributed by atoms with Gasteiger partial charge in [-0.15, -0.1) is 0 Å². The van der Waals surface area contributed by atoms with E-state index in [9.17, 15) is 65.4 Å². The van der Waals surface area contributed by atoms with E-state index < -0.39 is 139 Å². The van der Waals surface area contributed by atoms with Crippen molar-refractivity contribution >= 4 is 17.9 Å². The highest BCUT2D eigenvalue weighted by atomic mass is 16.8. The lowest BCUT2D eigenvalue weighted by atomic mass is 9.33. The molecule has 8 aliphatic rings. The fourth-order valence-electron chi connectivity index (χ4n) is 15.2. The van der Waals surface area contributed by atoms with Crippen molar-refractivity contribution in [1.82, 2.24) is 0 Å². The van der Waals surface area contributed by atoms with E-state index in [1.54, 1.807) is 6.92 Å². The summed E-state index contributed by atoms with van der Waals surface area (Å²) in [6.07, 6.45) is -17.6. The van der Waals surface area contributed by atoms with Crippen molar-refractivity contribution in [2.45, 2.75) is 211 Å². The van der Waals surface area contributed by atoms with Crippen LogP contribution in [0.1, 0.15) is 113 Å². The smallest absolute Gasteiger partial charge is 0.335 e. The molecule has 0 radical (unpaired) electrons. The molecular weight excluding hydrogens is 909 g/mol. The maximum atomic E-state index is 12.9. The minimum atomic E-state index is -2.05. The van der Waals surface area contributed by atoms with Crippen LogP contribution < -0.4 is 0 Å².